The quantitative estimate of drug-likeness (QED) is 0.753. The fourth-order valence-corrected chi connectivity index (χ4v) is 2.79. The van der Waals surface area contributed by atoms with Crippen LogP contribution in [-0.2, 0) is 24.4 Å². The van der Waals surface area contributed by atoms with Gasteiger partial charge in [0.15, 0.2) is 0 Å². The van der Waals surface area contributed by atoms with E-state index in [4.69, 9.17) is 5.73 Å². The molecular formula is C12H22N4O3S. The number of aromatic nitrogens is 2. The van der Waals surface area contributed by atoms with Crippen molar-refractivity contribution in [1.82, 2.24) is 9.13 Å². The molecule has 0 bridgehead atoms. The maximum absolute atomic E-state index is 12.1. The van der Waals surface area contributed by atoms with Crippen molar-refractivity contribution < 1.29 is 4.21 Å². The summed E-state index contributed by atoms with van der Waals surface area (Å²) >= 11 is 0. The van der Waals surface area contributed by atoms with Gasteiger partial charge in [-0.1, -0.05) is 6.92 Å². The number of nitrogen functional groups attached to an aromatic ring is 1. The van der Waals surface area contributed by atoms with E-state index in [-0.39, 0.29) is 17.5 Å². The minimum absolute atomic E-state index is 0.133. The van der Waals surface area contributed by atoms with E-state index in [0.717, 1.165) is 11.0 Å². The minimum atomic E-state index is -0.982. The van der Waals surface area contributed by atoms with E-state index >= 15 is 0 Å². The Labute approximate surface area is 120 Å². The summed E-state index contributed by atoms with van der Waals surface area (Å²) in [5.74, 6) is 0.531. The van der Waals surface area contributed by atoms with Gasteiger partial charge < -0.3 is 11.1 Å². The number of nitrogens with two attached hydrogens (primary N) is 1. The SMILES string of the molecule is CCCn1c(N)c(NC(C)CS(C)=O)c(=O)n(C)c1=O. The first-order chi connectivity index (χ1) is 9.29. The lowest BCUT2D eigenvalue weighted by Gasteiger charge is -2.18. The van der Waals surface area contributed by atoms with E-state index in [1.54, 1.807) is 6.26 Å². The fourth-order valence-electron chi connectivity index (χ4n) is 2.00. The second-order valence-corrected chi connectivity index (χ2v) is 6.32. The summed E-state index contributed by atoms with van der Waals surface area (Å²) in [6.45, 7) is 4.18. The van der Waals surface area contributed by atoms with E-state index < -0.39 is 22.0 Å². The van der Waals surface area contributed by atoms with Crippen LogP contribution in [0.1, 0.15) is 20.3 Å². The summed E-state index contributed by atoms with van der Waals surface area (Å²) in [7, 11) is 0.439. The fraction of sp³-hybridized carbons (Fsp3) is 0.667. The molecule has 0 saturated carbocycles. The molecule has 0 aliphatic heterocycles. The van der Waals surface area contributed by atoms with E-state index in [1.807, 2.05) is 13.8 Å². The van der Waals surface area contributed by atoms with Crippen molar-refractivity contribution in [2.45, 2.75) is 32.9 Å². The van der Waals surface area contributed by atoms with Crippen molar-refractivity contribution in [3.05, 3.63) is 20.8 Å². The monoisotopic (exact) mass is 302 g/mol. The van der Waals surface area contributed by atoms with Crippen LogP contribution in [0.2, 0.25) is 0 Å². The van der Waals surface area contributed by atoms with E-state index in [2.05, 4.69) is 5.32 Å². The second-order valence-electron chi connectivity index (χ2n) is 4.84. The van der Waals surface area contributed by atoms with Gasteiger partial charge in [-0.3, -0.25) is 18.1 Å². The first-order valence-corrected chi connectivity index (χ1v) is 8.18. The van der Waals surface area contributed by atoms with Crippen LogP contribution in [-0.4, -0.2) is 31.4 Å². The molecule has 0 amide bonds. The molecule has 0 aromatic carbocycles. The molecule has 7 nitrogen and oxygen atoms in total. The number of hydrogen-bond donors (Lipinski definition) is 2. The molecule has 0 aliphatic carbocycles. The molecule has 1 rings (SSSR count). The topological polar surface area (TPSA) is 99.1 Å². The smallest absolute Gasteiger partial charge is 0.332 e. The van der Waals surface area contributed by atoms with E-state index in [1.165, 1.54) is 11.6 Å². The van der Waals surface area contributed by atoms with Crippen LogP contribution in [0, 0.1) is 0 Å². The second kappa shape index (κ2) is 6.74. The molecule has 8 heteroatoms. The predicted molar refractivity (Wildman–Crippen MR) is 82.7 cm³/mol. The van der Waals surface area contributed by atoms with Crippen LogP contribution in [0.3, 0.4) is 0 Å². The predicted octanol–water partition coefficient (Wildman–Crippen LogP) is -0.282. The van der Waals surface area contributed by atoms with Crippen molar-refractivity contribution in [3.63, 3.8) is 0 Å². The Kier molecular flexibility index (Phi) is 5.55. The summed E-state index contributed by atoms with van der Waals surface area (Å²) in [6, 6.07) is -0.177. The Hall–Kier alpha value is -1.57. The van der Waals surface area contributed by atoms with Crippen molar-refractivity contribution in [2.24, 2.45) is 7.05 Å². The molecule has 1 heterocycles. The number of hydrogen-bond acceptors (Lipinski definition) is 5. The summed E-state index contributed by atoms with van der Waals surface area (Å²) in [4.78, 5) is 24.1. The van der Waals surface area contributed by atoms with Gasteiger partial charge >= 0.3 is 5.69 Å². The van der Waals surface area contributed by atoms with Gasteiger partial charge in [0, 0.05) is 42.4 Å². The number of rotatable bonds is 6. The lowest BCUT2D eigenvalue weighted by molar-refractivity contribution is 0.599. The Balaban J connectivity index is 3.29. The maximum atomic E-state index is 12.1. The first kappa shape index (κ1) is 16.5. The molecule has 114 valence electrons. The molecule has 0 saturated heterocycles. The number of anilines is 2. The summed E-state index contributed by atoms with van der Waals surface area (Å²) in [5.41, 5.74) is 5.23. The Morgan fingerprint density at radius 2 is 2.00 bits per heavy atom. The van der Waals surface area contributed by atoms with Gasteiger partial charge in [-0.25, -0.2) is 4.79 Å². The highest BCUT2D eigenvalue weighted by Crippen LogP contribution is 2.12. The van der Waals surface area contributed by atoms with E-state index in [0.29, 0.717) is 12.3 Å². The van der Waals surface area contributed by atoms with Crippen LogP contribution < -0.4 is 22.3 Å². The Bertz CT molecular complexity index is 620. The molecule has 2 atom stereocenters. The third kappa shape index (κ3) is 3.50. The lowest BCUT2D eigenvalue weighted by Crippen LogP contribution is -2.42. The largest absolute Gasteiger partial charge is 0.383 e. The van der Waals surface area contributed by atoms with E-state index in [9.17, 15) is 13.8 Å². The van der Waals surface area contributed by atoms with Crippen LogP contribution in [0.25, 0.3) is 0 Å². The van der Waals surface area contributed by atoms with Crippen molar-refractivity contribution in [1.29, 1.82) is 0 Å². The van der Waals surface area contributed by atoms with Crippen LogP contribution in [0.5, 0.6) is 0 Å². The Morgan fingerprint density at radius 3 is 2.50 bits per heavy atom. The molecule has 2 unspecified atom stereocenters. The number of nitrogens with one attached hydrogen (secondary N) is 1. The molecular weight excluding hydrogens is 280 g/mol. The van der Waals surface area contributed by atoms with Crippen LogP contribution in [0.15, 0.2) is 9.59 Å². The molecule has 1 aromatic rings. The molecule has 0 aliphatic rings. The summed E-state index contributed by atoms with van der Waals surface area (Å²) in [6.07, 6.45) is 2.33. The van der Waals surface area contributed by atoms with Crippen molar-refractivity contribution >= 4 is 22.3 Å². The van der Waals surface area contributed by atoms with Gasteiger partial charge in [0.2, 0.25) is 0 Å². The first-order valence-electron chi connectivity index (χ1n) is 6.45. The van der Waals surface area contributed by atoms with Gasteiger partial charge in [-0.2, -0.15) is 0 Å². The highest BCUT2D eigenvalue weighted by atomic mass is 32.2. The van der Waals surface area contributed by atoms with Crippen LogP contribution >= 0.6 is 0 Å². The highest BCUT2D eigenvalue weighted by molar-refractivity contribution is 7.84. The third-order valence-electron chi connectivity index (χ3n) is 2.91. The van der Waals surface area contributed by atoms with Gasteiger partial charge in [0.05, 0.1) is 0 Å². The Morgan fingerprint density at radius 1 is 1.40 bits per heavy atom. The van der Waals surface area contributed by atoms with Gasteiger partial charge in [0.1, 0.15) is 11.5 Å². The average molecular weight is 302 g/mol. The minimum Gasteiger partial charge on any atom is -0.383 e. The van der Waals surface area contributed by atoms with Gasteiger partial charge in [-0.15, -0.1) is 0 Å². The standard InChI is InChI=1S/C12H22N4O3S/c1-5-6-16-10(13)9(11(17)15(3)12(16)18)14-8(2)7-20(4)19/h8,14H,5-7,13H2,1-4H3. The van der Waals surface area contributed by atoms with Crippen LogP contribution in [0.4, 0.5) is 11.5 Å². The summed E-state index contributed by atoms with van der Waals surface area (Å²) in [5, 5.41) is 2.97. The average Bonchev–Trinajstić information content (AvgIpc) is 2.36. The maximum Gasteiger partial charge on any atom is 0.332 e. The van der Waals surface area contributed by atoms with Gasteiger partial charge in [0.25, 0.3) is 5.56 Å². The summed E-state index contributed by atoms with van der Waals surface area (Å²) < 4.78 is 13.6. The van der Waals surface area contributed by atoms with Crippen molar-refractivity contribution in [3.8, 4) is 0 Å². The normalized spacial score (nSPS) is 14.0. The van der Waals surface area contributed by atoms with Gasteiger partial charge in [-0.05, 0) is 13.3 Å². The highest BCUT2D eigenvalue weighted by Gasteiger charge is 2.16. The molecule has 0 fully saturated rings. The molecule has 3 N–H and O–H groups in total. The van der Waals surface area contributed by atoms with Crippen molar-refractivity contribution in [2.75, 3.05) is 23.1 Å². The molecule has 0 spiro atoms. The molecule has 20 heavy (non-hydrogen) atoms. The third-order valence-corrected chi connectivity index (χ3v) is 3.88. The zero-order chi connectivity index (χ0) is 15.4. The zero-order valence-corrected chi connectivity index (χ0v) is 13.1. The number of nitrogens with zero attached hydrogens (tertiary/aromatic N) is 2. The lowest BCUT2D eigenvalue weighted by atomic mass is 10.3. The molecule has 1 aromatic heterocycles. The molecule has 0 radical (unpaired) electrons. The zero-order valence-electron chi connectivity index (χ0n) is 12.3.